The molecule has 0 fully saturated rings. The van der Waals surface area contributed by atoms with Crippen molar-refractivity contribution in [3.8, 4) is 22.6 Å². The fraction of sp³-hybridized carbons (Fsp3) is 0.200. The first-order valence-corrected chi connectivity index (χ1v) is 11.6. The summed E-state index contributed by atoms with van der Waals surface area (Å²) in [5.41, 5.74) is 6.66. The van der Waals surface area contributed by atoms with E-state index in [1.54, 1.807) is 0 Å². The summed E-state index contributed by atoms with van der Waals surface area (Å²) in [6.45, 7) is 1.28. The topological polar surface area (TPSA) is 58.9 Å². The Morgan fingerprint density at radius 3 is 1.26 bits per heavy atom. The highest BCUT2D eigenvalue weighted by Gasteiger charge is 2.04. The van der Waals surface area contributed by atoms with Gasteiger partial charge in [-0.05, 0) is 82.6 Å². The van der Waals surface area contributed by atoms with E-state index < -0.39 is 0 Å². The van der Waals surface area contributed by atoms with Crippen molar-refractivity contribution in [2.75, 3.05) is 13.2 Å². The number of benzene rings is 4. The number of rotatable bonds is 11. The standard InChI is InChI=1S/C30H30O4/c31-17-15-23-7-11-29(12-8-23)33-21-25-3-1-5-27(19-25)28-6-2-4-26(20-28)22-34-30-13-9-24(10-14-30)16-18-32/h1-14,19-20,31-32H,15-18,21-22H2. The Morgan fingerprint density at radius 2 is 0.882 bits per heavy atom. The Balaban J connectivity index is 1.37. The normalized spacial score (nSPS) is 10.8. The van der Waals surface area contributed by atoms with Gasteiger partial charge in [0.1, 0.15) is 24.7 Å². The zero-order valence-corrected chi connectivity index (χ0v) is 19.2. The smallest absolute Gasteiger partial charge is 0.119 e. The molecule has 0 spiro atoms. The first kappa shape index (κ1) is 23.6. The second kappa shape index (κ2) is 12.0. The Bertz CT molecular complexity index is 1070. The zero-order valence-electron chi connectivity index (χ0n) is 19.2. The average Bonchev–Trinajstić information content (AvgIpc) is 2.89. The molecule has 0 saturated heterocycles. The number of hydrogen-bond acceptors (Lipinski definition) is 4. The van der Waals surface area contributed by atoms with Crippen molar-refractivity contribution in [3.05, 3.63) is 119 Å². The zero-order chi connectivity index (χ0) is 23.6. The molecule has 0 aliphatic carbocycles. The van der Waals surface area contributed by atoms with Crippen LogP contribution in [0.15, 0.2) is 97.1 Å². The number of aliphatic hydroxyl groups is 2. The van der Waals surface area contributed by atoms with Crippen molar-refractivity contribution in [2.45, 2.75) is 26.1 Å². The van der Waals surface area contributed by atoms with E-state index in [4.69, 9.17) is 19.7 Å². The lowest BCUT2D eigenvalue weighted by atomic mass is 10.0. The maximum absolute atomic E-state index is 9.04. The van der Waals surface area contributed by atoms with Crippen molar-refractivity contribution in [3.63, 3.8) is 0 Å². The molecule has 4 aromatic carbocycles. The van der Waals surface area contributed by atoms with Gasteiger partial charge in [0.15, 0.2) is 0 Å². The third-order valence-corrected chi connectivity index (χ3v) is 5.65. The van der Waals surface area contributed by atoms with Crippen LogP contribution in [0.3, 0.4) is 0 Å². The Labute approximate surface area is 201 Å². The minimum absolute atomic E-state index is 0.152. The molecule has 0 amide bonds. The first-order chi connectivity index (χ1) is 16.7. The summed E-state index contributed by atoms with van der Waals surface area (Å²) in [6, 6.07) is 32.5. The van der Waals surface area contributed by atoms with Crippen LogP contribution in [0.25, 0.3) is 11.1 Å². The van der Waals surface area contributed by atoms with Gasteiger partial charge < -0.3 is 19.7 Å². The Morgan fingerprint density at radius 1 is 0.471 bits per heavy atom. The summed E-state index contributed by atoms with van der Waals surface area (Å²) in [4.78, 5) is 0. The van der Waals surface area contributed by atoms with Crippen molar-refractivity contribution >= 4 is 0 Å². The van der Waals surface area contributed by atoms with E-state index in [1.165, 1.54) is 0 Å². The van der Waals surface area contributed by atoms with E-state index >= 15 is 0 Å². The average molecular weight is 455 g/mol. The summed E-state index contributed by atoms with van der Waals surface area (Å²) in [7, 11) is 0. The minimum Gasteiger partial charge on any atom is -0.489 e. The van der Waals surface area contributed by atoms with Gasteiger partial charge in [-0.1, -0.05) is 60.7 Å². The fourth-order valence-electron chi connectivity index (χ4n) is 3.78. The number of hydrogen-bond donors (Lipinski definition) is 2. The molecule has 0 atom stereocenters. The lowest BCUT2D eigenvalue weighted by Crippen LogP contribution is -1.97. The molecule has 4 heteroatoms. The van der Waals surface area contributed by atoms with E-state index in [9.17, 15) is 0 Å². The van der Waals surface area contributed by atoms with Gasteiger partial charge in [-0.25, -0.2) is 0 Å². The van der Waals surface area contributed by atoms with E-state index in [1.807, 2.05) is 48.5 Å². The molecule has 0 aromatic heterocycles. The summed E-state index contributed by atoms with van der Waals surface area (Å²) in [5, 5.41) is 18.1. The largest absolute Gasteiger partial charge is 0.489 e. The molecule has 0 bridgehead atoms. The van der Waals surface area contributed by atoms with Gasteiger partial charge in [-0.15, -0.1) is 0 Å². The SMILES string of the molecule is OCCc1ccc(OCc2cccc(-c3cccc(COc4ccc(CCO)cc4)c3)c2)cc1. The Hall–Kier alpha value is -3.60. The molecule has 0 saturated carbocycles. The molecule has 0 unspecified atom stereocenters. The summed E-state index contributed by atoms with van der Waals surface area (Å²) >= 11 is 0. The van der Waals surface area contributed by atoms with Crippen LogP contribution in [-0.4, -0.2) is 23.4 Å². The van der Waals surface area contributed by atoms with E-state index in [0.717, 1.165) is 44.9 Å². The molecule has 0 aliphatic rings. The van der Waals surface area contributed by atoms with Crippen LogP contribution in [0, 0.1) is 0 Å². The molecule has 0 aliphatic heterocycles. The third-order valence-electron chi connectivity index (χ3n) is 5.65. The molecule has 0 radical (unpaired) electrons. The molecule has 2 N–H and O–H groups in total. The predicted molar refractivity (Wildman–Crippen MR) is 135 cm³/mol. The Kier molecular flexibility index (Phi) is 8.33. The number of aliphatic hydroxyl groups excluding tert-OH is 2. The lowest BCUT2D eigenvalue weighted by Gasteiger charge is -2.11. The van der Waals surface area contributed by atoms with Gasteiger partial charge in [-0.2, -0.15) is 0 Å². The van der Waals surface area contributed by atoms with Crippen molar-refractivity contribution in [2.24, 2.45) is 0 Å². The van der Waals surface area contributed by atoms with Gasteiger partial charge >= 0.3 is 0 Å². The van der Waals surface area contributed by atoms with Crippen LogP contribution in [0.5, 0.6) is 11.5 Å². The minimum atomic E-state index is 0.152. The van der Waals surface area contributed by atoms with Crippen LogP contribution in [0.1, 0.15) is 22.3 Å². The van der Waals surface area contributed by atoms with E-state index in [-0.39, 0.29) is 13.2 Å². The summed E-state index contributed by atoms with van der Waals surface area (Å²) in [6.07, 6.45) is 1.31. The highest BCUT2D eigenvalue weighted by atomic mass is 16.5. The highest BCUT2D eigenvalue weighted by molar-refractivity contribution is 5.65. The second-order valence-electron chi connectivity index (χ2n) is 8.21. The van der Waals surface area contributed by atoms with E-state index in [0.29, 0.717) is 26.1 Å². The van der Waals surface area contributed by atoms with Crippen molar-refractivity contribution < 1.29 is 19.7 Å². The lowest BCUT2D eigenvalue weighted by molar-refractivity contribution is 0.298. The molecular formula is C30H30O4. The fourth-order valence-corrected chi connectivity index (χ4v) is 3.78. The third kappa shape index (κ3) is 6.70. The molecule has 4 aromatic rings. The van der Waals surface area contributed by atoms with Gasteiger partial charge in [0.2, 0.25) is 0 Å². The summed E-state index contributed by atoms with van der Waals surface area (Å²) < 4.78 is 11.9. The number of ether oxygens (including phenoxy) is 2. The predicted octanol–water partition coefficient (Wildman–Crippen LogP) is 5.58. The summed E-state index contributed by atoms with van der Waals surface area (Å²) in [5.74, 6) is 1.63. The van der Waals surface area contributed by atoms with Gasteiger partial charge in [0.25, 0.3) is 0 Å². The molecule has 4 rings (SSSR count). The quantitative estimate of drug-likeness (QED) is 0.311. The van der Waals surface area contributed by atoms with E-state index in [2.05, 4.69) is 48.5 Å². The highest BCUT2D eigenvalue weighted by Crippen LogP contribution is 2.24. The molecule has 4 nitrogen and oxygen atoms in total. The maximum atomic E-state index is 9.04. The van der Waals surface area contributed by atoms with Crippen LogP contribution in [-0.2, 0) is 26.1 Å². The van der Waals surface area contributed by atoms with Gasteiger partial charge in [-0.3, -0.25) is 0 Å². The van der Waals surface area contributed by atoms with Crippen LogP contribution < -0.4 is 9.47 Å². The van der Waals surface area contributed by atoms with Crippen LogP contribution in [0.4, 0.5) is 0 Å². The van der Waals surface area contributed by atoms with Crippen LogP contribution >= 0.6 is 0 Å². The molecular weight excluding hydrogens is 424 g/mol. The molecule has 174 valence electrons. The van der Waals surface area contributed by atoms with Crippen LogP contribution in [0.2, 0.25) is 0 Å². The maximum Gasteiger partial charge on any atom is 0.119 e. The first-order valence-electron chi connectivity index (χ1n) is 11.6. The molecule has 0 heterocycles. The van der Waals surface area contributed by atoms with Gasteiger partial charge in [0.05, 0.1) is 0 Å². The monoisotopic (exact) mass is 454 g/mol. The van der Waals surface area contributed by atoms with Gasteiger partial charge in [0, 0.05) is 13.2 Å². The van der Waals surface area contributed by atoms with Crippen molar-refractivity contribution in [1.29, 1.82) is 0 Å². The molecule has 34 heavy (non-hydrogen) atoms. The van der Waals surface area contributed by atoms with Crippen molar-refractivity contribution in [1.82, 2.24) is 0 Å². The second-order valence-corrected chi connectivity index (χ2v) is 8.21.